The largest absolute Gasteiger partial charge is 0.496 e. The van der Waals surface area contributed by atoms with Gasteiger partial charge in [0.15, 0.2) is 5.78 Å². The summed E-state index contributed by atoms with van der Waals surface area (Å²) in [6, 6.07) is 16.0. The zero-order chi connectivity index (χ0) is 26.0. The van der Waals surface area contributed by atoms with E-state index in [9.17, 15) is 14.4 Å². The summed E-state index contributed by atoms with van der Waals surface area (Å²) in [5.41, 5.74) is 2.44. The van der Waals surface area contributed by atoms with Crippen molar-refractivity contribution >= 4 is 74.2 Å². The van der Waals surface area contributed by atoms with Gasteiger partial charge in [-0.15, -0.1) is 0 Å². The summed E-state index contributed by atoms with van der Waals surface area (Å²) in [5, 5.41) is 0.618. The van der Waals surface area contributed by atoms with E-state index in [-0.39, 0.29) is 11.7 Å². The minimum absolute atomic E-state index is 0.252. The molecule has 0 aromatic heterocycles. The number of fused-ring (bicyclic) bond motifs is 5. The van der Waals surface area contributed by atoms with Gasteiger partial charge < -0.3 is 9.64 Å². The fourth-order valence-corrected chi connectivity index (χ4v) is 6.78. The number of ether oxygens (including phenoxy) is 1. The maximum atomic E-state index is 14.2. The molecule has 6 rings (SSSR count). The number of methoxy groups -OCH3 is 1. The Morgan fingerprint density at radius 3 is 2.35 bits per heavy atom. The van der Waals surface area contributed by atoms with Gasteiger partial charge in [-0.05, 0) is 64.0 Å². The smallest absolute Gasteiger partial charge is 0.240 e. The first kappa shape index (κ1) is 24.2. The molecule has 3 heterocycles. The van der Waals surface area contributed by atoms with Crippen LogP contribution in [0.2, 0.25) is 10.0 Å². The summed E-state index contributed by atoms with van der Waals surface area (Å²) in [6.07, 6.45) is 3.86. The van der Waals surface area contributed by atoms with Crippen LogP contribution < -0.4 is 14.5 Å². The molecule has 4 atom stereocenters. The lowest BCUT2D eigenvalue weighted by Gasteiger charge is -2.36. The van der Waals surface area contributed by atoms with Gasteiger partial charge in [0.05, 0.1) is 35.1 Å². The van der Waals surface area contributed by atoms with Crippen molar-refractivity contribution in [2.24, 2.45) is 11.8 Å². The summed E-state index contributed by atoms with van der Waals surface area (Å²) < 4.78 is 5.94. The molecule has 0 unspecified atom stereocenters. The number of carbonyl (C=O) groups excluding carboxylic acids is 3. The van der Waals surface area contributed by atoms with Crippen LogP contribution in [0.15, 0.2) is 71.2 Å². The van der Waals surface area contributed by atoms with E-state index in [1.807, 2.05) is 41.3 Å². The molecule has 2 fully saturated rings. The average molecular weight is 598 g/mol. The second-order valence-electron chi connectivity index (χ2n) is 9.17. The standard InChI is InChI=1S/C28H19BrCl2N2O4/c1-37-22-9-7-15(10-19(22)29)26(34)25-24-23(21-8-6-14-4-2-3-5-20(14)33(21)25)27(35)32(28(24)36)18-12-16(30)11-17(31)13-18/h2-13,21,23-25H,1H3/t21-,23+,24-,25+/m1/s1. The predicted molar refractivity (Wildman–Crippen MR) is 146 cm³/mol. The molecule has 3 aliphatic heterocycles. The van der Waals surface area contributed by atoms with Gasteiger partial charge in [-0.2, -0.15) is 0 Å². The molecule has 0 N–H and O–H groups in total. The first-order valence-corrected chi connectivity index (χ1v) is 13.1. The number of anilines is 2. The van der Waals surface area contributed by atoms with Crippen LogP contribution in [-0.2, 0) is 9.59 Å². The number of amides is 2. The molecule has 0 saturated carbocycles. The lowest BCUT2D eigenvalue weighted by atomic mass is 9.86. The Morgan fingerprint density at radius 1 is 0.946 bits per heavy atom. The fourth-order valence-electron chi connectivity index (χ4n) is 5.73. The van der Waals surface area contributed by atoms with Crippen molar-refractivity contribution in [3.63, 3.8) is 0 Å². The highest BCUT2D eigenvalue weighted by atomic mass is 79.9. The maximum absolute atomic E-state index is 14.2. The van der Waals surface area contributed by atoms with Gasteiger partial charge in [0.25, 0.3) is 0 Å². The summed E-state index contributed by atoms with van der Waals surface area (Å²) in [4.78, 5) is 45.0. The van der Waals surface area contributed by atoms with Crippen molar-refractivity contribution < 1.29 is 19.1 Å². The van der Waals surface area contributed by atoms with Crippen LogP contribution in [-0.4, -0.2) is 36.8 Å². The zero-order valence-electron chi connectivity index (χ0n) is 19.4. The molecule has 0 bridgehead atoms. The van der Waals surface area contributed by atoms with Gasteiger partial charge >= 0.3 is 0 Å². The highest BCUT2D eigenvalue weighted by Gasteiger charge is 2.64. The van der Waals surface area contributed by atoms with Crippen LogP contribution in [0.3, 0.4) is 0 Å². The fraction of sp³-hybridized carbons (Fsp3) is 0.179. The van der Waals surface area contributed by atoms with E-state index < -0.39 is 29.8 Å². The summed E-state index contributed by atoms with van der Waals surface area (Å²) >= 11 is 15.8. The molecule has 186 valence electrons. The number of ketones is 1. The highest BCUT2D eigenvalue weighted by molar-refractivity contribution is 9.10. The molecule has 3 aliphatic rings. The van der Waals surface area contributed by atoms with Crippen molar-refractivity contribution in [2.45, 2.75) is 12.1 Å². The highest BCUT2D eigenvalue weighted by Crippen LogP contribution is 2.50. The molecule has 3 aromatic rings. The van der Waals surface area contributed by atoms with Crippen molar-refractivity contribution in [2.75, 3.05) is 16.9 Å². The second-order valence-corrected chi connectivity index (χ2v) is 10.9. The quantitative estimate of drug-likeness (QED) is 0.271. The third kappa shape index (κ3) is 3.71. The Hall–Kier alpha value is -3.13. The number of halogens is 3. The molecule has 3 aromatic carbocycles. The summed E-state index contributed by atoms with van der Waals surface area (Å²) in [5.74, 6) is -2.12. The first-order valence-electron chi connectivity index (χ1n) is 11.6. The van der Waals surface area contributed by atoms with E-state index in [2.05, 4.69) is 15.9 Å². The molecule has 0 aliphatic carbocycles. The lowest BCUT2D eigenvalue weighted by molar-refractivity contribution is -0.122. The maximum Gasteiger partial charge on any atom is 0.240 e. The molecular weight excluding hydrogens is 579 g/mol. The van der Waals surface area contributed by atoms with Crippen molar-refractivity contribution in [3.05, 3.63) is 92.4 Å². The number of hydrogen-bond acceptors (Lipinski definition) is 5. The minimum atomic E-state index is -0.891. The SMILES string of the molecule is COc1ccc(C(=O)[C@@H]2[C@@H]3C(=O)N(c4cc(Cl)cc(Cl)c4)C(=O)[C@H]3[C@H]3C=Cc4ccccc4N32)cc1Br. The van der Waals surface area contributed by atoms with E-state index in [0.717, 1.165) is 16.2 Å². The van der Waals surface area contributed by atoms with Crippen LogP contribution in [0, 0.1) is 11.8 Å². The third-order valence-corrected chi connectivity index (χ3v) is 8.28. The topological polar surface area (TPSA) is 66.9 Å². The van der Waals surface area contributed by atoms with Gasteiger partial charge in [0.1, 0.15) is 11.8 Å². The molecular formula is C28H19BrCl2N2O4. The Labute approximate surface area is 231 Å². The second kappa shape index (κ2) is 9.01. The number of carbonyl (C=O) groups is 3. The monoisotopic (exact) mass is 596 g/mol. The van der Waals surface area contributed by atoms with Crippen molar-refractivity contribution in [3.8, 4) is 5.75 Å². The third-order valence-electron chi connectivity index (χ3n) is 7.23. The molecule has 9 heteroatoms. The number of benzene rings is 3. The van der Waals surface area contributed by atoms with Crippen LogP contribution in [0.4, 0.5) is 11.4 Å². The van der Waals surface area contributed by atoms with Gasteiger partial charge in [-0.25, -0.2) is 4.90 Å². The van der Waals surface area contributed by atoms with E-state index in [1.165, 1.54) is 18.2 Å². The van der Waals surface area contributed by atoms with Crippen molar-refractivity contribution in [1.29, 1.82) is 0 Å². The van der Waals surface area contributed by atoms with Crippen LogP contribution >= 0.6 is 39.1 Å². The Kier molecular flexibility index (Phi) is 5.90. The Morgan fingerprint density at radius 2 is 1.65 bits per heavy atom. The number of nitrogens with zero attached hydrogens (tertiary/aromatic N) is 2. The zero-order valence-corrected chi connectivity index (χ0v) is 22.5. The van der Waals surface area contributed by atoms with Crippen LogP contribution in [0.5, 0.6) is 5.75 Å². The van der Waals surface area contributed by atoms with Gasteiger partial charge in [-0.3, -0.25) is 14.4 Å². The molecule has 2 amide bonds. The number of rotatable bonds is 4. The normalized spacial score (nSPS) is 23.7. The van der Waals surface area contributed by atoms with E-state index >= 15 is 0 Å². The summed E-state index contributed by atoms with van der Waals surface area (Å²) in [6.45, 7) is 0. The van der Waals surface area contributed by atoms with Crippen molar-refractivity contribution in [1.82, 2.24) is 0 Å². The molecule has 2 saturated heterocycles. The summed E-state index contributed by atoms with van der Waals surface area (Å²) in [7, 11) is 1.55. The van der Waals surface area contributed by atoms with E-state index in [1.54, 1.807) is 25.3 Å². The van der Waals surface area contributed by atoms with E-state index in [4.69, 9.17) is 27.9 Å². The minimum Gasteiger partial charge on any atom is -0.496 e. The first-order chi connectivity index (χ1) is 17.8. The predicted octanol–water partition coefficient (Wildman–Crippen LogP) is 6.04. The van der Waals surface area contributed by atoms with E-state index in [0.29, 0.717) is 31.5 Å². The molecule has 6 nitrogen and oxygen atoms in total. The Bertz CT molecular complexity index is 1500. The molecule has 0 radical (unpaired) electrons. The lowest BCUT2D eigenvalue weighted by Crippen LogP contribution is -2.48. The van der Waals surface area contributed by atoms with Gasteiger partial charge in [0, 0.05) is 21.3 Å². The average Bonchev–Trinajstić information content (AvgIpc) is 3.35. The molecule has 37 heavy (non-hydrogen) atoms. The van der Waals surface area contributed by atoms with Gasteiger partial charge in [0.2, 0.25) is 11.8 Å². The number of imide groups is 1. The number of hydrogen-bond donors (Lipinski definition) is 0. The number of Topliss-reactive ketones (excluding diaryl/α,β-unsaturated/α-hetero) is 1. The van der Waals surface area contributed by atoms with Crippen LogP contribution in [0.1, 0.15) is 15.9 Å². The van der Waals surface area contributed by atoms with Crippen LogP contribution in [0.25, 0.3) is 6.08 Å². The van der Waals surface area contributed by atoms with Gasteiger partial charge in [-0.1, -0.05) is 53.6 Å². The molecule has 0 spiro atoms. The number of para-hydroxylation sites is 1. The Balaban J connectivity index is 1.49.